The highest BCUT2D eigenvalue weighted by Gasteiger charge is 2.07. The molecule has 0 atom stereocenters. The smallest absolute Gasteiger partial charge is 0.163 e. The number of rotatable bonds is 2. The molecule has 0 aliphatic carbocycles. The van der Waals surface area contributed by atoms with Crippen molar-refractivity contribution in [2.45, 2.75) is 13.8 Å². The molecule has 0 spiro atoms. The van der Waals surface area contributed by atoms with E-state index in [1.54, 1.807) is 6.20 Å². The fourth-order valence-electron chi connectivity index (χ4n) is 1.54. The van der Waals surface area contributed by atoms with Crippen LogP contribution in [0, 0.1) is 6.92 Å². The fourth-order valence-corrected chi connectivity index (χ4v) is 1.54. The van der Waals surface area contributed by atoms with E-state index < -0.39 is 0 Å². The van der Waals surface area contributed by atoms with E-state index >= 15 is 0 Å². The summed E-state index contributed by atoms with van der Waals surface area (Å²) in [6.45, 7) is 3.35. The second-order valence-corrected chi connectivity index (χ2v) is 3.61. The summed E-state index contributed by atoms with van der Waals surface area (Å²) in [6.07, 6.45) is 1.59. The first-order valence-corrected chi connectivity index (χ1v) is 5.08. The first kappa shape index (κ1) is 10.5. The Morgan fingerprint density at radius 3 is 2.44 bits per heavy atom. The highest BCUT2D eigenvalue weighted by Crippen LogP contribution is 2.15. The first-order valence-electron chi connectivity index (χ1n) is 5.08. The molecule has 1 aromatic carbocycles. The monoisotopic (exact) mass is 212 g/mol. The van der Waals surface area contributed by atoms with Gasteiger partial charge in [-0.05, 0) is 13.8 Å². The maximum absolute atomic E-state index is 11.2. The number of nitrogens with zero attached hydrogens (tertiary/aromatic N) is 2. The second-order valence-electron chi connectivity index (χ2n) is 3.61. The Morgan fingerprint density at radius 2 is 1.88 bits per heavy atom. The zero-order chi connectivity index (χ0) is 11.5. The van der Waals surface area contributed by atoms with Crippen molar-refractivity contribution in [3.05, 3.63) is 47.8 Å². The van der Waals surface area contributed by atoms with Crippen LogP contribution >= 0.6 is 0 Å². The molecule has 0 radical (unpaired) electrons. The Morgan fingerprint density at radius 1 is 1.19 bits per heavy atom. The third kappa shape index (κ3) is 1.98. The molecule has 0 fully saturated rings. The van der Waals surface area contributed by atoms with Crippen LogP contribution in [0.3, 0.4) is 0 Å². The number of hydrogen-bond acceptors (Lipinski definition) is 3. The van der Waals surface area contributed by atoms with Crippen LogP contribution in [-0.2, 0) is 0 Å². The van der Waals surface area contributed by atoms with Gasteiger partial charge in [0.2, 0.25) is 0 Å². The second kappa shape index (κ2) is 4.23. The van der Waals surface area contributed by atoms with Crippen molar-refractivity contribution in [3.8, 4) is 11.4 Å². The third-order valence-electron chi connectivity index (χ3n) is 2.39. The largest absolute Gasteiger partial charge is 0.294 e. The molecule has 0 aliphatic rings. The highest BCUT2D eigenvalue weighted by molar-refractivity contribution is 5.94. The average Bonchev–Trinajstić information content (AvgIpc) is 2.29. The van der Waals surface area contributed by atoms with Crippen LogP contribution < -0.4 is 0 Å². The molecule has 80 valence electrons. The van der Waals surface area contributed by atoms with E-state index in [4.69, 9.17) is 0 Å². The highest BCUT2D eigenvalue weighted by atomic mass is 16.1. The van der Waals surface area contributed by atoms with Crippen molar-refractivity contribution in [3.63, 3.8) is 0 Å². The lowest BCUT2D eigenvalue weighted by Gasteiger charge is -2.04. The van der Waals surface area contributed by atoms with E-state index in [1.807, 2.05) is 37.3 Å². The van der Waals surface area contributed by atoms with Crippen molar-refractivity contribution in [1.29, 1.82) is 0 Å². The molecule has 0 saturated heterocycles. The summed E-state index contributed by atoms with van der Waals surface area (Å²) in [5.74, 6) is 0.653. The quantitative estimate of drug-likeness (QED) is 0.719. The molecule has 0 saturated carbocycles. The van der Waals surface area contributed by atoms with E-state index in [0.717, 1.165) is 11.3 Å². The number of aryl methyl sites for hydroxylation is 1. The van der Waals surface area contributed by atoms with Gasteiger partial charge in [0, 0.05) is 11.8 Å². The Labute approximate surface area is 94.2 Å². The van der Waals surface area contributed by atoms with Gasteiger partial charge in [0.15, 0.2) is 11.6 Å². The van der Waals surface area contributed by atoms with E-state index in [9.17, 15) is 4.79 Å². The Hall–Kier alpha value is -2.03. The molecule has 2 rings (SSSR count). The zero-order valence-electron chi connectivity index (χ0n) is 9.27. The van der Waals surface area contributed by atoms with Crippen LogP contribution in [0.25, 0.3) is 11.4 Å². The molecule has 0 bridgehead atoms. The van der Waals surface area contributed by atoms with Gasteiger partial charge in [-0.2, -0.15) is 0 Å². The van der Waals surface area contributed by atoms with Crippen LogP contribution in [0.5, 0.6) is 0 Å². The maximum Gasteiger partial charge on any atom is 0.163 e. The predicted molar refractivity (Wildman–Crippen MR) is 62.2 cm³/mol. The molecule has 16 heavy (non-hydrogen) atoms. The van der Waals surface area contributed by atoms with E-state index in [2.05, 4.69) is 9.97 Å². The van der Waals surface area contributed by atoms with Gasteiger partial charge in [-0.1, -0.05) is 30.3 Å². The van der Waals surface area contributed by atoms with Gasteiger partial charge in [-0.3, -0.25) is 4.79 Å². The number of benzene rings is 1. The minimum Gasteiger partial charge on any atom is -0.294 e. The van der Waals surface area contributed by atoms with Gasteiger partial charge in [0.25, 0.3) is 0 Å². The van der Waals surface area contributed by atoms with Gasteiger partial charge in [-0.25, -0.2) is 9.97 Å². The zero-order valence-corrected chi connectivity index (χ0v) is 9.27. The van der Waals surface area contributed by atoms with Gasteiger partial charge in [0.1, 0.15) is 0 Å². The molecule has 0 amide bonds. The lowest BCUT2D eigenvalue weighted by molar-refractivity contribution is 0.101. The molecule has 2 aromatic rings. The van der Waals surface area contributed by atoms with Crippen molar-refractivity contribution in [2.24, 2.45) is 0 Å². The summed E-state index contributed by atoms with van der Waals surface area (Å²) >= 11 is 0. The molecule has 0 N–H and O–H groups in total. The summed E-state index contributed by atoms with van der Waals surface area (Å²) in [5, 5.41) is 0. The van der Waals surface area contributed by atoms with E-state index in [1.165, 1.54) is 6.92 Å². The van der Waals surface area contributed by atoms with Crippen LogP contribution in [0.2, 0.25) is 0 Å². The molecule has 1 heterocycles. The Kier molecular flexibility index (Phi) is 2.77. The van der Waals surface area contributed by atoms with Crippen molar-refractivity contribution in [1.82, 2.24) is 9.97 Å². The summed E-state index contributed by atoms with van der Waals surface area (Å²) in [4.78, 5) is 19.8. The number of hydrogen-bond donors (Lipinski definition) is 0. The number of carbonyl (C=O) groups excluding carboxylic acids is 1. The van der Waals surface area contributed by atoms with Crippen LogP contribution in [-0.4, -0.2) is 15.8 Å². The lowest BCUT2D eigenvalue weighted by Crippen LogP contribution is -2.01. The molecular formula is C13H12N2O. The van der Waals surface area contributed by atoms with Crippen molar-refractivity contribution in [2.75, 3.05) is 0 Å². The Balaban J connectivity index is 2.46. The van der Waals surface area contributed by atoms with Gasteiger partial charge >= 0.3 is 0 Å². The topological polar surface area (TPSA) is 42.9 Å². The van der Waals surface area contributed by atoms with Crippen LogP contribution in [0.4, 0.5) is 0 Å². The number of aromatic nitrogens is 2. The van der Waals surface area contributed by atoms with Crippen molar-refractivity contribution >= 4 is 5.78 Å². The minimum absolute atomic E-state index is 0.00267. The van der Waals surface area contributed by atoms with Gasteiger partial charge < -0.3 is 0 Å². The van der Waals surface area contributed by atoms with E-state index in [-0.39, 0.29) is 5.78 Å². The number of carbonyl (C=O) groups is 1. The lowest BCUT2D eigenvalue weighted by atomic mass is 10.1. The summed E-state index contributed by atoms with van der Waals surface area (Å²) in [7, 11) is 0. The number of Topliss-reactive ketones (excluding diaryl/α,β-unsaturated/α-hetero) is 1. The van der Waals surface area contributed by atoms with Crippen LogP contribution in [0.1, 0.15) is 23.0 Å². The first-order chi connectivity index (χ1) is 7.68. The molecule has 0 unspecified atom stereocenters. The standard InChI is InChI=1S/C13H12N2O/c1-9-12(10(2)16)8-14-13(15-9)11-6-4-3-5-7-11/h3-8H,1-2H3. The molecule has 3 nitrogen and oxygen atoms in total. The SMILES string of the molecule is CC(=O)c1cnc(-c2ccccc2)nc1C. The van der Waals surface area contributed by atoms with Gasteiger partial charge in [-0.15, -0.1) is 0 Å². The predicted octanol–water partition coefficient (Wildman–Crippen LogP) is 2.65. The minimum atomic E-state index is -0.00267. The van der Waals surface area contributed by atoms with Crippen molar-refractivity contribution < 1.29 is 4.79 Å². The molecule has 0 aliphatic heterocycles. The van der Waals surface area contributed by atoms with Crippen LogP contribution in [0.15, 0.2) is 36.5 Å². The maximum atomic E-state index is 11.2. The molecular weight excluding hydrogens is 200 g/mol. The third-order valence-corrected chi connectivity index (χ3v) is 2.39. The molecule has 1 aromatic heterocycles. The summed E-state index contributed by atoms with van der Waals surface area (Å²) in [6, 6.07) is 9.71. The van der Waals surface area contributed by atoms with Gasteiger partial charge in [0.05, 0.1) is 11.3 Å². The normalized spacial score (nSPS) is 10.1. The van der Waals surface area contributed by atoms with E-state index in [0.29, 0.717) is 11.4 Å². The molecule has 3 heteroatoms. The Bertz CT molecular complexity index is 521. The summed E-state index contributed by atoms with van der Waals surface area (Å²) in [5.41, 5.74) is 2.27. The number of ketones is 1. The summed E-state index contributed by atoms with van der Waals surface area (Å²) < 4.78 is 0. The average molecular weight is 212 g/mol. The fraction of sp³-hybridized carbons (Fsp3) is 0.154.